The molecule has 0 spiro atoms. The lowest BCUT2D eigenvalue weighted by molar-refractivity contribution is -0.119. The lowest BCUT2D eigenvalue weighted by atomic mass is 10.2. The fourth-order valence-electron chi connectivity index (χ4n) is 2.76. The first kappa shape index (κ1) is 17.2. The minimum atomic E-state index is -0.0745. The van der Waals surface area contributed by atoms with E-state index in [4.69, 9.17) is 11.6 Å². The molecule has 1 aliphatic rings. The second kappa shape index (κ2) is 7.53. The topological polar surface area (TPSA) is 65.5 Å². The molecule has 7 heteroatoms. The summed E-state index contributed by atoms with van der Waals surface area (Å²) in [5, 5.41) is 3.95. The fourth-order valence-corrected chi connectivity index (χ4v) is 2.99. The number of anilines is 2. The quantitative estimate of drug-likeness (QED) is 0.853. The highest BCUT2D eigenvalue weighted by molar-refractivity contribution is 6.30. The number of nitrogens with zero attached hydrogens (tertiary/aromatic N) is 3. The Labute approximate surface area is 151 Å². The number of amides is 2. The average molecular weight is 359 g/mol. The third kappa shape index (κ3) is 4.09. The van der Waals surface area contributed by atoms with Gasteiger partial charge in [-0.2, -0.15) is 0 Å². The van der Waals surface area contributed by atoms with Gasteiger partial charge < -0.3 is 15.1 Å². The van der Waals surface area contributed by atoms with Crippen molar-refractivity contribution in [3.8, 4) is 0 Å². The van der Waals surface area contributed by atoms with Gasteiger partial charge in [-0.25, -0.2) is 0 Å². The smallest absolute Gasteiger partial charge is 0.255 e. The highest BCUT2D eigenvalue weighted by Crippen LogP contribution is 2.24. The summed E-state index contributed by atoms with van der Waals surface area (Å²) < 4.78 is 0. The number of hydrogen-bond donors (Lipinski definition) is 1. The standard InChI is InChI=1S/C18H19ClN4O2/c1-13-8-15(19)2-3-17(13)21-16-9-14(10-20-11-16)18(25)23-6-4-22(12-24)5-7-23/h2-3,8-12,21H,4-7H2,1H3. The van der Waals surface area contributed by atoms with Crippen molar-refractivity contribution < 1.29 is 9.59 Å². The lowest BCUT2D eigenvalue weighted by Gasteiger charge is -2.32. The summed E-state index contributed by atoms with van der Waals surface area (Å²) in [6.45, 7) is 4.15. The van der Waals surface area contributed by atoms with Gasteiger partial charge in [0.05, 0.1) is 17.4 Å². The highest BCUT2D eigenvalue weighted by atomic mass is 35.5. The second-order valence-electron chi connectivity index (χ2n) is 5.98. The molecule has 25 heavy (non-hydrogen) atoms. The third-order valence-electron chi connectivity index (χ3n) is 4.20. The molecular weight excluding hydrogens is 340 g/mol. The van der Waals surface area contributed by atoms with E-state index >= 15 is 0 Å². The van der Waals surface area contributed by atoms with Crippen LogP contribution in [0.4, 0.5) is 11.4 Å². The minimum Gasteiger partial charge on any atom is -0.354 e. The molecule has 2 amide bonds. The Kier molecular flexibility index (Phi) is 5.19. The molecular formula is C18H19ClN4O2. The Morgan fingerprint density at radius 1 is 1.20 bits per heavy atom. The predicted molar refractivity (Wildman–Crippen MR) is 97.2 cm³/mol. The van der Waals surface area contributed by atoms with Gasteiger partial charge in [-0.15, -0.1) is 0 Å². The summed E-state index contributed by atoms with van der Waals surface area (Å²) in [6, 6.07) is 7.37. The number of nitrogens with one attached hydrogen (secondary N) is 1. The van der Waals surface area contributed by atoms with Crippen molar-refractivity contribution in [3.63, 3.8) is 0 Å². The number of rotatable bonds is 4. The molecule has 2 aromatic rings. The van der Waals surface area contributed by atoms with Crippen LogP contribution in [0.15, 0.2) is 36.7 Å². The molecule has 0 bridgehead atoms. The molecule has 0 aliphatic carbocycles. The zero-order chi connectivity index (χ0) is 17.8. The zero-order valence-corrected chi connectivity index (χ0v) is 14.7. The summed E-state index contributed by atoms with van der Waals surface area (Å²) >= 11 is 5.98. The number of carbonyl (C=O) groups excluding carboxylic acids is 2. The molecule has 130 valence electrons. The van der Waals surface area contributed by atoms with E-state index in [1.165, 1.54) is 0 Å². The number of piperazine rings is 1. The maximum atomic E-state index is 12.6. The maximum absolute atomic E-state index is 12.6. The number of benzene rings is 1. The molecule has 1 aliphatic heterocycles. The number of aryl methyl sites for hydroxylation is 1. The van der Waals surface area contributed by atoms with E-state index in [1.807, 2.05) is 25.1 Å². The summed E-state index contributed by atoms with van der Waals surface area (Å²) in [5.74, 6) is -0.0745. The number of aromatic nitrogens is 1. The third-order valence-corrected chi connectivity index (χ3v) is 4.44. The van der Waals surface area contributed by atoms with Crippen molar-refractivity contribution in [2.24, 2.45) is 0 Å². The van der Waals surface area contributed by atoms with Crippen molar-refractivity contribution >= 4 is 35.3 Å². The summed E-state index contributed by atoms with van der Waals surface area (Å²) in [4.78, 5) is 31.0. The molecule has 6 nitrogen and oxygen atoms in total. The molecule has 0 radical (unpaired) electrons. The molecule has 1 aromatic heterocycles. The van der Waals surface area contributed by atoms with Gasteiger partial charge in [0, 0.05) is 43.1 Å². The van der Waals surface area contributed by atoms with Crippen LogP contribution in [0.3, 0.4) is 0 Å². The van der Waals surface area contributed by atoms with Gasteiger partial charge in [0.15, 0.2) is 0 Å². The number of hydrogen-bond acceptors (Lipinski definition) is 4. The molecule has 1 fully saturated rings. The summed E-state index contributed by atoms with van der Waals surface area (Å²) in [5.41, 5.74) is 3.18. The number of halogens is 1. The number of carbonyl (C=O) groups is 2. The van der Waals surface area contributed by atoms with Gasteiger partial charge in [0.2, 0.25) is 6.41 Å². The van der Waals surface area contributed by atoms with Gasteiger partial charge in [-0.1, -0.05) is 11.6 Å². The molecule has 0 saturated carbocycles. The van der Waals surface area contributed by atoms with Gasteiger partial charge in [-0.3, -0.25) is 14.6 Å². The monoisotopic (exact) mass is 358 g/mol. The fraction of sp³-hybridized carbons (Fsp3) is 0.278. The zero-order valence-electron chi connectivity index (χ0n) is 13.9. The van der Waals surface area contributed by atoms with E-state index in [9.17, 15) is 9.59 Å². The summed E-state index contributed by atoms with van der Waals surface area (Å²) in [6.07, 6.45) is 4.06. The van der Waals surface area contributed by atoms with Crippen LogP contribution in [0.25, 0.3) is 0 Å². The Morgan fingerprint density at radius 3 is 2.64 bits per heavy atom. The molecule has 1 saturated heterocycles. The Hall–Kier alpha value is -2.60. The average Bonchev–Trinajstić information content (AvgIpc) is 2.64. The molecule has 1 aromatic carbocycles. The van der Waals surface area contributed by atoms with E-state index in [0.717, 1.165) is 23.3 Å². The summed E-state index contributed by atoms with van der Waals surface area (Å²) in [7, 11) is 0. The van der Waals surface area contributed by atoms with E-state index in [0.29, 0.717) is 36.8 Å². The molecule has 2 heterocycles. The van der Waals surface area contributed by atoms with Gasteiger partial charge >= 0.3 is 0 Å². The first-order valence-electron chi connectivity index (χ1n) is 8.03. The van der Waals surface area contributed by atoms with Gasteiger partial charge in [0.25, 0.3) is 5.91 Å². The normalized spacial score (nSPS) is 14.3. The van der Waals surface area contributed by atoms with Crippen molar-refractivity contribution in [3.05, 3.63) is 52.8 Å². The first-order valence-corrected chi connectivity index (χ1v) is 8.41. The van der Waals surface area contributed by atoms with Crippen LogP contribution in [0.5, 0.6) is 0 Å². The predicted octanol–water partition coefficient (Wildman–Crippen LogP) is 2.70. The Balaban J connectivity index is 1.73. The second-order valence-corrected chi connectivity index (χ2v) is 6.42. The van der Waals surface area contributed by atoms with Crippen LogP contribution < -0.4 is 5.32 Å². The van der Waals surface area contributed by atoms with Crippen LogP contribution in [-0.2, 0) is 4.79 Å². The van der Waals surface area contributed by atoms with Gasteiger partial charge in [-0.05, 0) is 36.8 Å². The van der Waals surface area contributed by atoms with E-state index < -0.39 is 0 Å². The van der Waals surface area contributed by atoms with Crippen molar-refractivity contribution in [2.75, 3.05) is 31.5 Å². The van der Waals surface area contributed by atoms with E-state index in [1.54, 1.807) is 28.3 Å². The van der Waals surface area contributed by atoms with E-state index in [-0.39, 0.29) is 5.91 Å². The molecule has 1 N–H and O–H groups in total. The van der Waals surface area contributed by atoms with Crippen LogP contribution in [0.1, 0.15) is 15.9 Å². The van der Waals surface area contributed by atoms with E-state index in [2.05, 4.69) is 10.3 Å². The highest BCUT2D eigenvalue weighted by Gasteiger charge is 2.21. The maximum Gasteiger partial charge on any atom is 0.255 e. The molecule has 0 atom stereocenters. The van der Waals surface area contributed by atoms with Gasteiger partial charge in [0.1, 0.15) is 0 Å². The SMILES string of the molecule is Cc1cc(Cl)ccc1Nc1cncc(C(=O)N2CCN(C=O)CC2)c1. The van der Waals surface area contributed by atoms with Crippen LogP contribution in [0, 0.1) is 6.92 Å². The Morgan fingerprint density at radius 2 is 1.96 bits per heavy atom. The van der Waals surface area contributed by atoms with Crippen LogP contribution in [0.2, 0.25) is 5.02 Å². The molecule has 0 unspecified atom stereocenters. The van der Waals surface area contributed by atoms with Crippen molar-refractivity contribution in [2.45, 2.75) is 6.92 Å². The van der Waals surface area contributed by atoms with Crippen molar-refractivity contribution in [1.29, 1.82) is 0 Å². The largest absolute Gasteiger partial charge is 0.354 e. The van der Waals surface area contributed by atoms with Crippen LogP contribution in [-0.4, -0.2) is 53.3 Å². The lowest BCUT2D eigenvalue weighted by Crippen LogP contribution is -2.48. The first-order chi connectivity index (χ1) is 12.1. The minimum absolute atomic E-state index is 0.0745. The van der Waals surface area contributed by atoms with Crippen LogP contribution >= 0.6 is 11.6 Å². The Bertz CT molecular complexity index is 788. The van der Waals surface area contributed by atoms with Crippen molar-refractivity contribution in [1.82, 2.24) is 14.8 Å². The number of pyridine rings is 1. The molecule has 3 rings (SSSR count).